The van der Waals surface area contributed by atoms with Crippen LogP contribution in [0.1, 0.15) is 61.7 Å². The number of hydrogen-bond donors (Lipinski definition) is 0. The van der Waals surface area contributed by atoms with Crippen molar-refractivity contribution in [3.05, 3.63) is 65.0 Å². The lowest BCUT2D eigenvalue weighted by atomic mass is 10.0. The van der Waals surface area contributed by atoms with Gasteiger partial charge < -0.3 is 9.30 Å². The highest BCUT2D eigenvalue weighted by Gasteiger charge is 2.32. The maximum atomic E-state index is 12.7. The third-order valence-corrected chi connectivity index (χ3v) is 5.20. The fourth-order valence-corrected chi connectivity index (χ4v) is 3.83. The second-order valence-corrected chi connectivity index (χ2v) is 8.68. The SMILES string of the molecule is Cc1c2c(cn1C)-n1c(C)nnc1[C@H](CC(=O)OC(C)(C)C)N=C2c1ccccc1. The van der Waals surface area contributed by atoms with Crippen molar-refractivity contribution in [2.75, 3.05) is 0 Å². The van der Waals surface area contributed by atoms with Crippen LogP contribution in [0.5, 0.6) is 0 Å². The first kappa shape index (κ1) is 20.1. The van der Waals surface area contributed by atoms with Crippen LogP contribution in [0.4, 0.5) is 0 Å². The molecule has 1 aliphatic heterocycles. The van der Waals surface area contributed by atoms with E-state index in [4.69, 9.17) is 9.73 Å². The van der Waals surface area contributed by atoms with Crippen LogP contribution in [-0.4, -0.2) is 36.6 Å². The molecule has 0 saturated carbocycles. The number of ether oxygens (including phenoxy) is 1. The van der Waals surface area contributed by atoms with Crippen LogP contribution in [0.2, 0.25) is 0 Å². The van der Waals surface area contributed by atoms with Crippen molar-refractivity contribution in [3.63, 3.8) is 0 Å². The minimum atomic E-state index is -0.557. The summed E-state index contributed by atoms with van der Waals surface area (Å²) in [5.74, 6) is 1.10. The molecule has 7 nitrogen and oxygen atoms in total. The van der Waals surface area contributed by atoms with Crippen molar-refractivity contribution in [1.82, 2.24) is 19.3 Å². The molecule has 3 heterocycles. The van der Waals surface area contributed by atoms with Gasteiger partial charge in [-0.3, -0.25) is 14.4 Å². The highest BCUT2D eigenvalue weighted by Crippen LogP contribution is 2.35. The summed E-state index contributed by atoms with van der Waals surface area (Å²) >= 11 is 0. The van der Waals surface area contributed by atoms with Gasteiger partial charge in [0.15, 0.2) is 5.82 Å². The van der Waals surface area contributed by atoms with Crippen LogP contribution in [0, 0.1) is 13.8 Å². The normalized spacial score (nSPS) is 15.8. The number of benzene rings is 1. The molecule has 4 rings (SSSR count). The largest absolute Gasteiger partial charge is 0.460 e. The quantitative estimate of drug-likeness (QED) is 0.621. The van der Waals surface area contributed by atoms with Gasteiger partial charge in [-0.25, -0.2) is 0 Å². The van der Waals surface area contributed by atoms with Gasteiger partial charge in [0.1, 0.15) is 17.5 Å². The van der Waals surface area contributed by atoms with Gasteiger partial charge in [0.2, 0.25) is 0 Å². The maximum absolute atomic E-state index is 12.7. The standard InChI is InChI=1S/C23H27N5O2/c1-14-20-18(13-27(14)6)28-15(2)25-26-22(28)17(12-19(29)30-23(3,4)5)24-21(20)16-10-8-7-9-11-16/h7-11,13,17H,12H2,1-6H3/t17-/m0/s1. The number of aromatic nitrogens is 4. The Morgan fingerprint density at radius 2 is 1.83 bits per heavy atom. The van der Waals surface area contributed by atoms with Crippen molar-refractivity contribution in [2.45, 2.75) is 52.7 Å². The predicted molar refractivity (Wildman–Crippen MR) is 115 cm³/mol. The molecule has 0 aliphatic carbocycles. The van der Waals surface area contributed by atoms with Crippen molar-refractivity contribution in [2.24, 2.45) is 12.0 Å². The molecule has 0 unspecified atom stereocenters. The van der Waals surface area contributed by atoms with E-state index in [-0.39, 0.29) is 12.4 Å². The van der Waals surface area contributed by atoms with E-state index < -0.39 is 11.6 Å². The summed E-state index contributed by atoms with van der Waals surface area (Å²) in [6, 6.07) is 9.56. The molecule has 1 aromatic carbocycles. The zero-order valence-electron chi connectivity index (χ0n) is 18.3. The lowest BCUT2D eigenvalue weighted by Crippen LogP contribution is -2.25. The van der Waals surface area contributed by atoms with Crippen LogP contribution in [0.25, 0.3) is 5.69 Å². The number of esters is 1. The van der Waals surface area contributed by atoms with E-state index in [1.54, 1.807) is 0 Å². The molecule has 3 aromatic rings. The molecule has 1 atom stereocenters. The zero-order valence-corrected chi connectivity index (χ0v) is 18.3. The second kappa shape index (κ2) is 7.23. The molecule has 7 heteroatoms. The Kier molecular flexibility index (Phi) is 4.84. The molecule has 156 valence electrons. The average molecular weight is 406 g/mol. The van der Waals surface area contributed by atoms with Gasteiger partial charge in [0.25, 0.3) is 0 Å². The molecule has 1 aliphatic rings. The number of carbonyl (C=O) groups is 1. The molecule has 0 N–H and O–H groups in total. The molecule has 0 bridgehead atoms. The van der Waals surface area contributed by atoms with Gasteiger partial charge in [0.05, 0.1) is 17.8 Å². The molecule has 0 fully saturated rings. The monoisotopic (exact) mass is 405 g/mol. The molecule has 0 amide bonds. The average Bonchev–Trinajstić information content (AvgIpc) is 3.13. The van der Waals surface area contributed by atoms with E-state index in [0.717, 1.165) is 34.0 Å². The lowest BCUT2D eigenvalue weighted by molar-refractivity contribution is -0.155. The Morgan fingerprint density at radius 3 is 2.50 bits per heavy atom. The number of aliphatic imine (C=N–C) groups is 1. The van der Waals surface area contributed by atoms with Crippen molar-refractivity contribution in [3.8, 4) is 5.69 Å². The molecule has 0 saturated heterocycles. The van der Waals surface area contributed by atoms with E-state index in [9.17, 15) is 4.79 Å². The van der Waals surface area contributed by atoms with Gasteiger partial charge in [-0.15, -0.1) is 10.2 Å². The summed E-state index contributed by atoms with van der Waals surface area (Å²) in [6.07, 6.45) is 2.17. The Morgan fingerprint density at radius 1 is 1.13 bits per heavy atom. The van der Waals surface area contributed by atoms with Crippen LogP contribution in [0.15, 0.2) is 41.5 Å². The Labute approximate surface area is 176 Å². The molecular weight excluding hydrogens is 378 g/mol. The van der Waals surface area contributed by atoms with E-state index in [1.165, 1.54) is 0 Å². The van der Waals surface area contributed by atoms with Crippen molar-refractivity contribution in [1.29, 1.82) is 0 Å². The van der Waals surface area contributed by atoms with Crippen LogP contribution in [-0.2, 0) is 16.6 Å². The van der Waals surface area contributed by atoms with Gasteiger partial charge >= 0.3 is 5.97 Å². The Balaban J connectivity index is 1.91. The van der Waals surface area contributed by atoms with E-state index in [1.807, 2.05) is 69.6 Å². The van der Waals surface area contributed by atoms with Gasteiger partial charge in [0, 0.05) is 30.1 Å². The summed E-state index contributed by atoms with van der Waals surface area (Å²) < 4.78 is 9.67. The Bertz CT molecular complexity index is 1130. The van der Waals surface area contributed by atoms with E-state index >= 15 is 0 Å². The third kappa shape index (κ3) is 3.56. The molecule has 30 heavy (non-hydrogen) atoms. The summed E-state index contributed by atoms with van der Waals surface area (Å²) in [4.78, 5) is 17.7. The first-order valence-corrected chi connectivity index (χ1v) is 10.1. The minimum absolute atomic E-state index is 0.0984. The number of hydrogen-bond acceptors (Lipinski definition) is 5. The van der Waals surface area contributed by atoms with Crippen LogP contribution >= 0.6 is 0 Å². The highest BCUT2D eigenvalue weighted by atomic mass is 16.6. The van der Waals surface area contributed by atoms with Crippen LogP contribution in [0.3, 0.4) is 0 Å². The predicted octanol–water partition coefficient (Wildman–Crippen LogP) is 3.85. The highest BCUT2D eigenvalue weighted by molar-refractivity contribution is 6.16. The lowest BCUT2D eigenvalue weighted by Gasteiger charge is -2.21. The fourth-order valence-electron chi connectivity index (χ4n) is 3.83. The van der Waals surface area contributed by atoms with E-state index in [0.29, 0.717) is 5.82 Å². The topological polar surface area (TPSA) is 74.3 Å². The summed E-state index contributed by atoms with van der Waals surface area (Å²) in [5.41, 5.74) is 4.38. The number of nitrogens with zero attached hydrogens (tertiary/aromatic N) is 5. The Hall–Kier alpha value is -3.22. The summed E-state index contributed by atoms with van der Waals surface area (Å²) in [7, 11) is 2.02. The smallest absolute Gasteiger partial charge is 0.308 e. The first-order valence-electron chi connectivity index (χ1n) is 10.1. The number of aryl methyl sites for hydroxylation is 2. The van der Waals surface area contributed by atoms with Gasteiger partial charge in [-0.1, -0.05) is 30.3 Å². The third-order valence-electron chi connectivity index (χ3n) is 5.20. The zero-order chi connectivity index (χ0) is 21.6. The van der Waals surface area contributed by atoms with Crippen molar-refractivity contribution < 1.29 is 9.53 Å². The minimum Gasteiger partial charge on any atom is -0.460 e. The molecule has 0 spiro atoms. The number of fused-ring (bicyclic) bond motifs is 3. The number of carbonyl (C=O) groups excluding carboxylic acids is 1. The molecular formula is C23H27N5O2. The van der Waals surface area contributed by atoms with Crippen LogP contribution < -0.4 is 0 Å². The number of rotatable bonds is 3. The summed E-state index contributed by atoms with van der Waals surface area (Å²) in [6.45, 7) is 9.58. The summed E-state index contributed by atoms with van der Waals surface area (Å²) in [5, 5.41) is 8.69. The fraction of sp³-hybridized carbons (Fsp3) is 0.391. The molecule has 2 aromatic heterocycles. The second-order valence-electron chi connectivity index (χ2n) is 8.68. The maximum Gasteiger partial charge on any atom is 0.308 e. The van der Waals surface area contributed by atoms with Crippen molar-refractivity contribution >= 4 is 11.7 Å². The van der Waals surface area contributed by atoms with Gasteiger partial charge in [-0.05, 0) is 34.6 Å². The molecule has 0 radical (unpaired) electrons. The van der Waals surface area contributed by atoms with Gasteiger partial charge in [-0.2, -0.15) is 0 Å². The first-order chi connectivity index (χ1) is 14.2. The van der Waals surface area contributed by atoms with E-state index in [2.05, 4.69) is 27.9 Å².